The van der Waals surface area contributed by atoms with Gasteiger partial charge in [0.1, 0.15) is 11.9 Å². The molecule has 0 saturated carbocycles. The molecule has 2 unspecified atom stereocenters. The van der Waals surface area contributed by atoms with Gasteiger partial charge in [0, 0.05) is 6.04 Å². The number of carbonyl (C=O) groups excluding carboxylic acids is 1. The molecule has 2 atom stereocenters. The Kier molecular flexibility index (Phi) is 4.63. The second kappa shape index (κ2) is 6.26. The van der Waals surface area contributed by atoms with Crippen molar-refractivity contribution in [1.29, 1.82) is 0 Å². The molecule has 5 nitrogen and oxygen atoms in total. The molecule has 1 aromatic heterocycles. The number of imidazole rings is 1. The fourth-order valence-corrected chi connectivity index (χ4v) is 2.61. The molecule has 0 saturated heterocycles. The van der Waals surface area contributed by atoms with Crippen molar-refractivity contribution in [3.05, 3.63) is 30.1 Å². The molecule has 0 spiro atoms. The summed E-state index contributed by atoms with van der Waals surface area (Å²) in [6.07, 6.45) is 0. The molecule has 0 aliphatic carbocycles. The molecule has 21 heavy (non-hydrogen) atoms. The topological polar surface area (TPSA) is 56.1 Å². The maximum atomic E-state index is 11.6. The minimum absolute atomic E-state index is 0.0473. The molecular weight excluding hydrogens is 266 g/mol. The van der Waals surface area contributed by atoms with Gasteiger partial charge in [0.2, 0.25) is 0 Å². The third-order valence-corrected chi connectivity index (χ3v) is 3.58. The summed E-state index contributed by atoms with van der Waals surface area (Å²) in [5, 5.41) is 3.25. The van der Waals surface area contributed by atoms with Gasteiger partial charge in [-0.1, -0.05) is 12.1 Å². The molecule has 2 rings (SSSR count). The summed E-state index contributed by atoms with van der Waals surface area (Å²) < 4.78 is 6.96. The summed E-state index contributed by atoms with van der Waals surface area (Å²) in [6, 6.07) is 7.96. The molecule has 114 valence electrons. The zero-order valence-electron chi connectivity index (χ0n) is 13.3. The van der Waals surface area contributed by atoms with E-state index in [0.29, 0.717) is 6.04 Å². The number of para-hydroxylation sites is 2. The Morgan fingerprint density at radius 2 is 1.90 bits per heavy atom. The Labute approximate surface area is 125 Å². The number of benzene rings is 1. The monoisotopic (exact) mass is 289 g/mol. The molecule has 5 heteroatoms. The van der Waals surface area contributed by atoms with E-state index in [1.807, 2.05) is 25.1 Å². The second-order valence-corrected chi connectivity index (χ2v) is 5.56. The van der Waals surface area contributed by atoms with Crippen LogP contribution in [0, 0.1) is 0 Å². The Balaban J connectivity index is 2.36. The molecule has 0 aliphatic heterocycles. The zero-order valence-corrected chi connectivity index (χ0v) is 13.3. The highest BCUT2D eigenvalue weighted by atomic mass is 16.5. The first-order valence-corrected chi connectivity index (χ1v) is 7.26. The number of rotatable bonds is 5. The normalized spacial score (nSPS) is 14.4. The summed E-state index contributed by atoms with van der Waals surface area (Å²) in [5.74, 6) is 0.663. The molecule has 0 amide bonds. The van der Waals surface area contributed by atoms with E-state index in [4.69, 9.17) is 9.72 Å². The molecule has 0 radical (unpaired) electrons. The summed E-state index contributed by atoms with van der Waals surface area (Å²) in [5.41, 5.74) is 2.09. The van der Waals surface area contributed by atoms with Crippen molar-refractivity contribution in [3.8, 4) is 0 Å². The average Bonchev–Trinajstić information content (AvgIpc) is 2.85. The van der Waals surface area contributed by atoms with E-state index in [0.717, 1.165) is 16.9 Å². The summed E-state index contributed by atoms with van der Waals surface area (Å²) in [4.78, 5) is 16.3. The van der Waals surface area contributed by atoms with Crippen molar-refractivity contribution in [2.75, 3.05) is 7.11 Å². The van der Waals surface area contributed by atoms with Crippen LogP contribution in [0.1, 0.15) is 45.6 Å². The van der Waals surface area contributed by atoms with Crippen molar-refractivity contribution < 1.29 is 9.53 Å². The first-order valence-electron chi connectivity index (χ1n) is 7.26. The van der Waals surface area contributed by atoms with E-state index < -0.39 is 0 Å². The van der Waals surface area contributed by atoms with Crippen molar-refractivity contribution >= 4 is 17.0 Å². The van der Waals surface area contributed by atoms with Gasteiger partial charge in [0.15, 0.2) is 0 Å². The molecule has 0 bridgehead atoms. The molecule has 2 aromatic rings. The fraction of sp³-hybridized carbons (Fsp3) is 0.500. The number of ether oxygens (including phenoxy) is 1. The van der Waals surface area contributed by atoms with Crippen LogP contribution in [0.5, 0.6) is 0 Å². The lowest BCUT2D eigenvalue weighted by Gasteiger charge is -2.21. The number of hydrogen-bond acceptors (Lipinski definition) is 4. The molecule has 1 aromatic carbocycles. The maximum absolute atomic E-state index is 11.6. The number of hydrogen-bond donors (Lipinski definition) is 1. The van der Waals surface area contributed by atoms with Crippen molar-refractivity contribution in [1.82, 2.24) is 14.9 Å². The lowest BCUT2D eigenvalue weighted by Crippen LogP contribution is -2.37. The van der Waals surface area contributed by atoms with Crippen molar-refractivity contribution in [2.24, 2.45) is 0 Å². The van der Waals surface area contributed by atoms with Gasteiger partial charge < -0.3 is 9.30 Å². The third-order valence-electron chi connectivity index (χ3n) is 3.58. The van der Waals surface area contributed by atoms with Gasteiger partial charge in [-0.15, -0.1) is 0 Å². The number of methoxy groups -OCH3 is 1. The minimum atomic E-state index is -0.370. The quantitative estimate of drug-likeness (QED) is 0.860. The largest absolute Gasteiger partial charge is 0.468 e. The lowest BCUT2D eigenvalue weighted by molar-refractivity contribution is -0.142. The lowest BCUT2D eigenvalue weighted by atomic mass is 10.2. The maximum Gasteiger partial charge on any atom is 0.322 e. The second-order valence-electron chi connectivity index (χ2n) is 5.56. The Bertz CT molecular complexity index is 633. The molecule has 1 heterocycles. The molecule has 0 fully saturated rings. The van der Waals surface area contributed by atoms with Gasteiger partial charge in [-0.05, 0) is 39.8 Å². The van der Waals surface area contributed by atoms with E-state index in [1.165, 1.54) is 7.11 Å². The van der Waals surface area contributed by atoms with Gasteiger partial charge in [0.25, 0.3) is 0 Å². The van der Waals surface area contributed by atoms with E-state index >= 15 is 0 Å². The minimum Gasteiger partial charge on any atom is -0.468 e. The highest BCUT2D eigenvalue weighted by molar-refractivity contribution is 5.76. The van der Waals surface area contributed by atoms with Crippen LogP contribution < -0.4 is 5.32 Å². The number of fused-ring (bicyclic) bond motifs is 1. The highest BCUT2D eigenvalue weighted by Gasteiger charge is 2.22. The SMILES string of the molecule is COC(=O)C(C)NC(C)c1nc2ccccc2n1C(C)C. The third kappa shape index (κ3) is 3.08. The van der Waals surface area contributed by atoms with Gasteiger partial charge >= 0.3 is 5.97 Å². The van der Waals surface area contributed by atoms with Crippen LogP contribution in [0.3, 0.4) is 0 Å². The van der Waals surface area contributed by atoms with Gasteiger partial charge in [-0.3, -0.25) is 10.1 Å². The van der Waals surface area contributed by atoms with E-state index in [9.17, 15) is 4.79 Å². The number of nitrogens with one attached hydrogen (secondary N) is 1. The molecular formula is C16H23N3O2. The van der Waals surface area contributed by atoms with Crippen LogP contribution in [-0.4, -0.2) is 28.7 Å². The Morgan fingerprint density at radius 1 is 1.24 bits per heavy atom. The first-order chi connectivity index (χ1) is 9.95. The summed E-state index contributed by atoms with van der Waals surface area (Å²) >= 11 is 0. The van der Waals surface area contributed by atoms with Crippen LogP contribution in [0.15, 0.2) is 24.3 Å². The predicted octanol–water partition coefficient (Wildman–Crippen LogP) is 2.83. The number of nitrogens with zero attached hydrogens (tertiary/aromatic N) is 2. The molecule has 0 aliphatic rings. The van der Waals surface area contributed by atoms with Crippen LogP contribution >= 0.6 is 0 Å². The van der Waals surface area contributed by atoms with Crippen molar-refractivity contribution in [3.63, 3.8) is 0 Å². The standard InChI is InChI=1S/C16H23N3O2/c1-10(2)19-14-9-7-6-8-13(14)18-15(19)11(3)17-12(4)16(20)21-5/h6-12,17H,1-5H3. The van der Waals surface area contributed by atoms with Crippen LogP contribution in [0.25, 0.3) is 11.0 Å². The predicted molar refractivity (Wildman–Crippen MR) is 83.1 cm³/mol. The van der Waals surface area contributed by atoms with Gasteiger partial charge in [0.05, 0.1) is 24.2 Å². The number of carbonyl (C=O) groups is 1. The summed E-state index contributed by atoms with van der Waals surface area (Å²) in [6.45, 7) is 8.08. The number of aromatic nitrogens is 2. The van der Waals surface area contributed by atoms with Crippen molar-refractivity contribution in [2.45, 2.75) is 45.8 Å². The van der Waals surface area contributed by atoms with Crippen LogP contribution in [0.2, 0.25) is 0 Å². The Morgan fingerprint density at radius 3 is 2.52 bits per heavy atom. The Hall–Kier alpha value is -1.88. The highest BCUT2D eigenvalue weighted by Crippen LogP contribution is 2.25. The van der Waals surface area contributed by atoms with E-state index in [2.05, 4.69) is 29.8 Å². The van der Waals surface area contributed by atoms with Gasteiger partial charge in [-0.2, -0.15) is 0 Å². The van der Waals surface area contributed by atoms with E-state index in [1.54, 1.807) is 6.92 Å². The zero-order chi connectivity index (χ0) is 15.6. The van der Waals surface area contributed by atoms with Crippen LogP contribution in [-0.2, 0) is 9.53 Å². The molecule has 1 N–H and O–H groups in total. The van der Waals surface area contributed by atoms with Gasteiger partial charge in [-0.25, -0.2) is 4.98 Å². The van der Waals surface area contributed by atoms with E-state index in [-0.39, 0.29) is 18.1 Å². The van der Waals surface area contributed by atoms with Crippen LogP contribution in [0.4, 0.5) is 0 Å². The summed E-state index contributed by atoms with van der Waals surface area (Å²) in [7, 11) is 1.40. The fourth-order valence-electron chi connectivity index (χ4n) is 2.61. The average molecular weight is 289 g/mol. The number of esters is 1. The smallest absolute Gasteiger partial charge is 0.322 e. The first kappa shape index (κ1) is 15.5.